The van der Waals surface area contributed by atoms with Crippen molar-refractivity contribution in [2.75, 3.05) is 39.3 Å². The molecule has 3 aromatic rings. The molecule has 27 heavy (non-hydrogen) atoms. The van der Waals surface area contributed by atoms with Gasteiger partial charge < -0.3 is 15.5 Å². The van der Waals surface area contributed by atoms with Crippen molar-refractivity contribution in [3.05, 3.63) is 41.3 Å². The second kappa shape index (κ2) is 9.61. The third kappa shape index (κ3) is 5.06. The quantitative estimate of drug-likeness (QED) is 0.597. The Hall–Kier alpha value is -1.51. The minimum atomic E-state index is 0. The molecule has 1 aliphatic heterocycles. The van der Waals surface area contributed by atoms with Gasteiger partial charge in [-0.2, -0.15) is 0 Å². The van der Waals surface area contributed by atoms with Crippen LogP contribution in [-0.4, -0.2) is 55.1 Å². The fraction of sp³-hybridized carbons (Fsp3) is 0.368. The van der Waals surface area contributed by atoms with Crippen molar-refractivity contribution < 1.29 is 4.79 Å². The maximum absolute atomic E-state index is 12.4. The van der Waals surface area contributed by atoms with Crippen molar-refractivity contribution in [2.24, 2.45) is 0 Å². The number of thiazole rings is 1. The Bertz CT molecular complexity index is 856. The van der Waals surface area contributed by atoms with Crippen LogP contribution in [0, 0.1) is 0 Å². The molecule has 1 aliphatic rings. The number of carbonyl (C=O) groups is 1. The molecule has 0 saturated carbocycles. The van der Waals surface area contributed by atoms with Crippen LogP contribution in [0.25, 0.3) is 20.1 Å². The minimum absolute atomic E-state index is 0. The Labute approximate surface area is 173 Å². The monoisotopic (exact) mass is 422 g/mol. The van der Waals surface area contributed by atoms with Crippen LogP contribution in [0.3, 0.4) is 0 Å². The predicted molar refractivity (Wildman–Crippen MR) is 116 cm³/mol. The van der Waals surface area contributed by atoms with Crippen LogP contribution in [0.5, 0.6) is 0 Å². The lowest BCUT2D eigenvalue weighted by atomic mass is 10.3. The lowest BCUT2D eigenvalue weighted by Gasteiger charge is -2.27. The van der Waals surface area contributed by atoms with Gasteiger partial charge in [0.15, 0.2) is 0 Å². The molecule has 0 aliphatic carbocycles. The first-order chi connectivity index (χ1) is 12.8. The highest BCUT2D eigenvalue weighted by molar-refractivity contribution is 7.26. The Morgan fingerprint density at radius 1 is 1.15 bits per heavy atom. The molecule has 2 N–H and O–H groups in total. The molecule has 144 valence electrons. The van der Waals surface area contributed by atoms with E-state index in [1.165, 1.54) is 16.0 Å². The van der Waals surface area contributed by atoms with Crippen molar-refractivity contribution in [1.29, 1.82) is 0 Å². The summed E-state index contributed by atoms with van der Waals surface area (Å²) in [6, 6.07) is 12.0. The fourth-order valence-electron chi connectivity index (χ4n) is 3.08. The highest BCUT2D eigenvalue weighted by Gasteiger charge is 2.13. The maximum atomic E-state index is 12.4. The lowest BCUT2D eigenvalue weighted by Crippen LogP contribution is -2.44. The number of rotatable bonds is 6. The molecule has 4 rings (SSSR count). The lowest BCUT2D eigenvalue weighted by molar-refractivity contribution is 0.0955. The summed E-state index contributed by atoms with van der Waals surface area (Å²) in [5.74, 6) is 0.0164. The number of nitrogens with one attached hydrogen (secondary N) is 2. The highest BCUT2D eigenvalue weighted by atomic mass is 35.5. The van der Waals surface area contributed by atoms with Crippen molar-refractivity contribution >= 4 is 51.2 Å². The van der Waals surface area contributed by atoms with Crippen LogP contribution in [0.15, 0.2) is 36.4 Å². The average molecular weight is 423 g/mol. The molecule has 2 aromatic heterocycles. The van der Waals surface area contributed by atoms with E-state index < -0.39 is 0 Å². The molecule has 1 aromatic carbocycles. The van der Waals surface area contributed by atoms with Gasteiger partial charge in [0.2, 0.25) is 0 Å². The minimum Gasteiger partial charge on any atom is -0.351 e. The van der Waals surface area contributed by atoms with Crippen LogP contribution in [0.1, 0.15) is 16.1 Å². The number of fused-ring (bicyclic) bond motifs is 1. The molecule has 0 unspecified atom stereocenters. The van der Waals surface area contributed by atoms with Crippen molar-refractivity contribution in [2.45, 2.75) is 6.42 Å². The average Bonchev–Trinajstić information content (AvgIpc) is 3.32. The van der Waals surface area contributed by atoms with Crippen molar-refractivity contribution in [3.8, 4) is 9.88 Å². The first-order valence-corrected chi connectivity index (χ1v) is 10.6. The summed E-state index contributed by atoms with van der Waals surface area (Å²) >= 11 is 3.18. The number of hydrogen-bond acceptors (Lipinski definition) is 6. The van der Waals surface area contributed by atoms with Gasteiger partial charge in [-0.05, 0) is 37.2 Å². The van der Waals surface area contributed by atoms with Crippen LogP contribution in [-0.2, 0) is 0 Å². The number of nitrogens with zero attached hydrogens (tertiary/aromatic N) is 2. The largest absolute Gasteiger partial charge is 0.351 e. The van der Waals surface area contributed by atoms with Crippen molar-refractivity contribution in [1.82, 2.24) is 20.5 Å². The molecule has 3 heterocycles. The smallest absolute Gasteiger partial charge is 0.261 e. The number of hydrogen-bond donors (Lipinski definition) is 2. The van der Waals surface area contributed by atoms with Gasteiger partial charge in [-0.15, -0.1) is 35.1 Å². The Morgan fingerprint density at radius 2 is 1.96 bits per heavy atom. The number of halogens is 1. The van der Waals surface area contributed by atoms with Gasteiger partial charge in [0.1, 0.15) is 5.01 Å². The fourth-order valence-corrected chi connectivity index (χ4v) is 5.02. The SMILES string of the molecule is Cl.O=C(NCCCN1CCNCC1)c1ccc(-c2nc3ccccc3s2)s1. The van der Waals surface area contributed by atoms with Gasteiger partial charge in [-0.1, -0.05) is 12.1 Å². The second-order valence-electron chi connectivity index (χ2n) is 6.35. The molecule has 0 bridgehead atoms. The topological polar surface area (TPSA) is 57.3 Å². The van der Waals surface area contributed by atoms with E-state index in [1.54, 1.807) is 11.3 Å². The molecular weight excluding hydrogens is 400 g/mol. The van der Waals surface area contributed by atoms with Gasteiger partial charge >= 0.3 is 0 Å². The number of amides is 1. The summed E-state index contributed by atoms with van der Waals surface area (Å²) in [6.45, 7) is 6.10. The number of piperazine rings is 1. The maximum Gasteiger partial charge on any atom is 0.261 e. The first kappa shape index (κ1) is 20.2. The van der Waals surface area contributed by atoms with Gasteiger partial charge in [-0.25, -0.2) is 4.98 Å². The molecule has 5 nitrogen and oxygen atoms in total. The van der Waals surface area contributed by atoms with Crippen LogP contribution in [0.2, 0.25) is 0 Å². The van der Waals surface area contributed by atoms with E-state index in [1.807, 2.05) is 30.3 Å². The number of thiophene rings is 1. The van der Waals surface area contributed by atoms with E-state index in [0.717, 1.165) is 66.0 Å². The van der Waals surface area contributed by atoms with E-state index in [-0.39, 0.29) is 18.3 Å². The number of carbonyl (C=O) groups excluding carboxylic acids is 1. The van der Waals surface area contributed by atoms with Gasteiger partial charge in [-0.3, -0.25) is 4.79 Å². The Balaban J connectivity index is 0.00000210. The summed E-state index contributed by atoms with van der Waals surface area (Å²) < 4.78 is 1.18. The third-order valence-electron chi connectivity index (χ3n) is 4.48. The van der Waals surface area contributed by atoms with Gasteiger partial charge in [0.25, 0.3) is 5.91 Å². The zero-order valence-corrected chi connectivity index (χ0v) is 17.4. The van der Waals surface area contributed by atoms with Crippen LogP contribution < -0.4 is 10.6 Å². The zero-order chi connectivity index (χ0) is 17.8. The number of para-hydroxylation sites is 1. The third-order valence-corrected chi connectivity index (χ3v) is 6.77. The predicted octanol–water partition coefficient (Wildman–Crippen LogP) is 3.47. The highest BCUT2D eigenvalue weighted by Crippen LogP contribution is 2.34. The van der Waals surface area contributed by atoms with E-state index in [0.29, 0.717) is 0 Å². The number of aromatic nitrogens is 1. The van der Waals surface area contributed by atoms with Crippen LogP contribution >= 0.6 is 35.1 Å². The summed E-state index contributed by atoms with van der Waals surface area (Å²) in [4.78, 5) is 21.3. The van der Waals surface area contributed by atoms with Gasteiger partial charge in [0, 0.05) is 32.7 Å². The second-order valence-corrected chi connectivity index (χ2v) is 8.47. The Kier molecular flexibility index (Phi) is 7.20. The summed E-state index contributed by atoms with van der Waals surface area (Å²) in [5.41, 5.74) is 1.01. The Morgan fingerprint density at radius 3 is 2.78 bits per heavy atom. The molecular formula is C19H23ClN4OS2. The molecule has 1 fully saturated rings. The van der Waals surface area contributed by atoms with Crippen molar-refractivity contribution in [3.63, 3.8) is 0 Å². The summed E-state index contributed by atoms with van der Waals surface area (Å²) in [7, 11) is 0. The standard InChI is InChI=1S/C19H22N4OS2.ClH/c24-18(21-8-3-11-23-12-9-20-10-13-23)16-6-7-17(25-16)19-22-14-4-1-2-5-15(14)26-19;/h1-2,4-7,20H,3,8-13H2,(H,21,24);1H. The summed E-state index contributed by atoms with van der Waals surface area (Å²) in [5, 5.41) is 7.38. The van der Waals surface area contributed by atoms with Crippen LogP contribution in [0.4, 0.5) is 0 Å². The molecule has 1 saturated heterocycles. The van der Waals surface area contributed by atoms with E-state index in [9.17, 15) is 4.79 Å². The van der Waals surface area contributed by atoms with E-state index >= 15 is 0 Å². The molecule has 1 amide bonds. The van der Waals surface area contributed by atoms with E-state index in [2.05, 4.69) is 26.6 Å². The van der Waals surface area contributed by atoms with Gasteiger partial charge in [0.05, 0.1) is 20.0 Å². The zero-order valence-electron chi connectivity index (χ0n) is 14.9. The van der Waals surface area contributed by atoms with E-state index in [4.69, 9.17) is 0 Å². The molecule has 0 spiro atoms. The summed E-state index contributed by atoms with van der Waals surface area (Å²) in [6.07, 6.45) is 0.988. The molecule has 0 atom stereocenters. The molecule has 0 radical (unpaired) electrons. The normalized spacial score (nSPS) is 14.8. The molecule has 8 heteroatoms. The first-order valence-electron chi connectivity index (χ1n) is 8.97. The number of benzene rings is 1.